The number of anilines is 1. The number of carbonyl (C=O) groups is 1. The van der Waals surface area contributed by atoms with Gasteiger partial charge in [0, 0.05) is 38.1 Å². The summed E-state index contributed by atoms with van der Waals surface area (Å²) in [6, 6.07) is 3.16. The van der Waals surface area contributed by atoms with Crippen molar-refractivity contribution < 1.29 is 9.18 Å². The lowest BCUT2D eigenvalue weighted by molar-refractivity contribution is 0.0950. The average Bonchev–Trinajstić information content (AvgIpc) is 2.78. The molecule has 7 heteroatoms. The molecule has 3 N–H and O–H groups in total. The number of nitrogen functional groups attached to an aromatic ring is 1. The topological polar surface area (TPSA) is 85.8 Å². The smallest absolute Gasteiger partial charge is 0.254 e. The van der Waals surface area contributed by atoms with Gasteiger partial charge in [0.2, 0.25) is 0 Å². The van der Waals surface area contributed by atoms with Crippen LogP contribution in [0.4, 0.5) is 10.2 Å². The Kier molecular flexibility index (Phi) is 3.74. The van der Waals surface area contributed by atoms with Gasteiger partial charge in [-0.15, -0.1) is 0 Å². The summed E-state index contributed by atoms with van der Waals surface area (Å²) in [5.74, 6) is -1.58. The highest BCUT2D eigenvalue weighted by atomic mass is 19.1. The van der Waals surface area contributed by atoms with Crippen molar-refractivity contribution in [2.45, 2.75) is 6.42 Å². The number of nitrogens with two attached hydrogens (primary N) is 1. The minimum atomic E-state index is -0.791. The number of aromatic nitrogens is 3. The van der Waals surface area contributed by atoms with Gasteiger partial charge in [0.05, 0.1) is 5.56 Å². The molecular weight excluding hydrogens is 249 g/mol. The molecule has 0 bridgehead atoms. The molecule has 0 radical (unpaired) electrons. The van der Waals surface area contributed by atoms with Crippen LogP contribution in [-0.4, -0.2) is 27.2 Å². The van der Waals surface area contributed by atoms with Gasteiger partial charge in [-0.2, -0.15) is 5.10 Å². The van der Waals surface area contributed by atoms with E-state index in [1.165, 1.54) is 12.3 Å². The Hall–Kier alpha value is -2.44. The predicted octanol–water partition coefficient (Wildman–Crippen LogP) is 0.509. The Labute approximate surface area is 109 Å². The lowest BCUT2D eigenvalue weighted by Crippen LogP contribution is -2.27. The van der Waals surface area contributed by atoms with Gasteiger partial charge in [-0.1, -0.05) is 0 Å². The van der Waals surface area contributed by atoms with E-state index in [9.17, 15) is 9.18 Å². The highest BCUT2D eigenvalue weighted by molar-refractivity contribution is 5.95. The first-order chi connectivity index (χ1) is 9.09. The van der Waals surface area contributed by atoms with Gasteiger partial charge >= 0.3 is 0 Å². The number of pyridine rings is 1. The number of hydrogen-bond donors (Lipinski definition) is 2. The SMILES string of the molecule is Cn1nccc1CCNC(=O)c1ccnc(N)c1F. The van der Waals surface area contributed by atoms with Crippen LogP contribution in [0.25, 0.3) is 0 Å². The van der Waals surface area contributed by atoms with Crippen LogP contribution in [0.5, 0.6) is 0 Å². The minimum Gasteiger partial charge on any atom is -0.381 e. The molecule has 6 nitrogen and oxygen atoms in total. The molecule has 1 amide bonds. The van der Waals surface area contributed by atoms with E-state index < -0.39 is 11.7 Å². The number of halogens is 1. The summed E-state index contributed by atoms with van der Waals surface area (Å²) in [6.07, 6.45) is 3.60. The molecule has 2 aromatic heterocycles. The van der Waals surface area contributed by atoms with Crippen molar-refractivity contribution in [1.82, 2.24) is 20.1 Å². The molecular formula is C12H14FN5O. The molecule has 100 valence electrons. The molecule has 0 saturated carbocycles. The van der Waals surface area contributed by atoms with Crippen LogP contribution in [0, 0.1) is 5.82 Å². The fourth-order valence-corrected chi connectivity index (χ4v) is 1.68. The summed E-state index contributed by atoms with van der Waals surface area (Å²) in [4.78, 5) is 15.3. The van der Waals surface area contributed by atoms with Gasteiger partial charge in [-0.05, 0) is 12.1 Å². The van der Waals surface area contributed by atoms with Gasteiger partial charge in [0.25, 0.3) is 5.91 Å². The van der Waals surface area contributed by atoms with E-state index in [0.29, 0.717) is 13.0 Å². The summed E-state index contributed by atoms with van der Waals surface area (Å²) in [5, 5.41) is 6.65. The number of amides is 1. The maximum atomic E-state index is 13.6. The fraction of sp³-hybridized carbons (Fsp3) is 0.250. The monoisotopic (exact) mass is 263 g/mol. The van der Waals surface area contributed by atoms with Gasteiger partial charge in [0.1, 0.15) is 0 Å². The van der Waals surface area contributed by atoms with Gasteiger partial charge in [-0.25, -0.2) is 9.37 Å². The van der Waals surface area contributed by atoms with Crippen molar-refractivity contribution >= 4 is 11.7 Å². The summed E-state index contributed by atoms with van der Waals surface area (Å²) < 4.78 is 15.3. The molecule has 2 rings (SSSR count). The van der Waals surface area contributed by atoms with E-state index >= 15 is 0 Å². The second-order valence-corrected chi connectivity index (χ2v) is 4.01. The average molecular weight is 263 g/mol. The largest absolute Gasteiger partial charge is 0.381 e. The predicted molar refractivity (Wildman–Crippen MR) is 67.9 cm³/mol. The molecule has 0 saturated heterocycles. The van der Waals surface area contributed by atoms with Crippen molar-refractivity contribution in [1.29, 1.82) is 0 Å². The Bertz CT molecular complexity index is 596. The molecule has 0 unspecified atom stereocenters. The Morgan fingerprint density at radius 1 is 1.47 bits per heavy atom. The van der Waals surface area contributed by atoms with Gasteiger partial charge in [-0.3, -0.25) is 9.48 Å². The van der Waals surface area contributed by atoms with Crippen molar-refractivity contribution in [3.05, 3.63) is 41.6 Å². The maximum Gasteiger partial charge on any atom is 0.254 e. The third-order valence-electron chi connectivity index (χ3n) is 2.75. The highest BCUT2D eigenvalue weighted by Crippen LogP contribution is 2.11. The zero-order chi connectivity index (χ0) is 13.8. The van der Waals surface area contributed by atoms with Crippen LogP contribution in [0.15, 0.2) is 24.5 Å². The molecule has 0 aliphatic rings. The number of hydrogen-bond acceptors (Lipinski definition) is 4. The van der Waals surface area contributed by atoms with E-state index in [2.05, 4.69) is 15.4 Å². The van der Waals surface area contributed by atoms with Crippen LogP contribution in [0.3, 0.4) is 0 Å². The number of nitrogens with zero attached hydrogens (tertiary/aromatic N) is 3. The van der Waals surface area contributed by atoms with Crippen molar-refractivity contribution in [2.24, 2.45) is 7.05 Å². The molecule has 0 atom stereocenters. The maximum absolute atomic E-state index is 13.6. The van der Waals surface area contributed by atoms with E-state index in [4.69, 9.17) is 5.73 Å². The molecule has 2 aromatic rings. The second-order valence-electron chi connectivity index (χ2n) is 4.01. The number of rotatable bonds is 4. The summed E-state index contributed by atoms with van der Waals surface area (Å²) in [7, 11) is 1.82. The third kappa shape index (κ3) is 2.87. The first kappa shape index (κ1) is 13.0. The first-order valence-electron chi connectivity index (χ1n) is 5.74. The van der Waals surface area contributed by atoms with Crippen LogP contribution < -0.4 is 11.1 Å². The standard InChI is InChI=1S/C12H14FN5O/c1-18-8(3-7-17-18)2-5-16-12(19)9-4-6-15-11(14)10(9)13/h3-4,6-7H,2,5H2,1H3,(H2,14,15)(H,16,19). The molecule has 0 spiro atoms. The zero-order valence-electron chi connectivity index (χ0n) is 10.4. The molecule has 2 heterocycles. The molecule has 19 heavy (non-hydrogen) atoms. The second kappa shape index (κ2) is 5.47. The Morgan fingerprint density at radius 2 is 2.26 bits per heavy atom. The quantitative estimate of drug-likeness (QED) is 0.841. The first-order valence-corrected chi connectivity index (χ1v) is 5.74. The van der Waals surface area contributed by atoms with Crippen LogP contribution >= 0.6 is 0 Å². The van der Waals surface area contributed by atoms with Crippen molar-refractivity contribution in [2.75, 3.05) is 12.3 Å². The van der Waals surface area contributed by atoms with Crippen molar-refractivity contribution in [3.8, 4) is 0 Å². The van der Waals surface area contributed by atoms with E-state index in [1.54, 1.807) is 10.9 Å². The lowest BCUT2D eigenvalue weighted by atomic mass is 10.2. The Morgan fingerprint density at radius 3 is 2.95 bits per heavy atom. The summed E-state index contributed by atoms with van der Waals surface area (Å²) in [5.41, 5.74) is 6.19. The molecule has 0 fully saturated rings. The number of carbonyl (C=O) groups excluding carboxylic acids is 1. The molecule has 0 aliphatic carbocycles. The molecule has 0 aromatic carbocycles. The summed E-state index contributed by atoms with van der Waals surface area (Å²) in [6.45, 7) is 0.389. The zero-order valence-corrected chi connectivity index (χ0v) is 10.4. The van der Waals surface area contributed by atoms with E-state index in [-0.39, 0.29) is 11.4 Å². The van der Waals surface area contributed by atoms with Gasteiger partial charge < -0.3 is 11.1 Å². The summed E-state index contributed by atoms with van der Waals surface area (Å²) >= 11 is 0. The van der Waals surface area contributed by atoms with E-state index in [0.717, 1.165) is 5.69 Å². The highest BCUT2D eigenvalue weighted by Gasteiger charge is 2.14. The normalized spacial score (nSPS) is 10.4. The fourth-order valence-electron chi connectivity index (χ4n) is 1.68. The van der Waals surface area contributed by atoms with Crippen molar-refractivity contribution in [3.63, 3.8) is 0 Å². The van der Waals surface area contributed by atoms with Crippen LogP contribution in [-0.2, 0) is 13.5 Å². The van der Waals surface area contributed by atoms with Crippen LogP contribution in [0.1, 0.15) is 16.1 Å². The number of nitrogens with one attached hydrogen (secondary N) is 1. The minimum absolute atomic E-state index is 0.0995. The van der Waals surface area contributed by atoms with Gasteiger partial charge in [0.15, 0.2) is 11.6 Å². The van der Waals surface area contributed by atoms with E-state index in [1.807, 2.05) is 13.1 Å². The third-order valence-corrected chi connectivity index (χ3v) is 2.75. The van der Waals surface area contributed by atoms with Crippen LogP contribution in [0.2, 0.25) is 0 Å². The molecule has 0 aliphatic heterocycles. The number of aryl methyl sites for hydroxylation is 1. The lowest BCUT2D eigenvalue weighted by Gasteiger charge is -2.07. The Balaban J connectivity index is 1.95.